The Bertz CT molecular complexity index is 1260. The van der Waals surface area contributed by atoms with Crippen molar-refractivity contribution in [1.29, 1.82) is 0 Å². The van der Waals surface area contributed by atoms with Gasteiger partial charge in [-0.1, -0.05) is 17.7 Å². The maximum atomic E-state index is 15.0. The molecule has 2 atom stereocenters. The number of benzene rings is 2. The summed E-state index contributed by atoms with van der Waals surface area (Å²) in [7, 11) is 0. The van der Waals surface area contributed by atoms with Gasteiger partial charge in [-0.3, -0.25) is 14.5 Å². The number of alkyl halides is 3. The SMILES string of the molecule is C[C@H]1CN(c2cc(Cl)ccc2NC(=O)c2ccc(CNC(=O)[C@@H]3CCCNC3)c(F)c2F)CCN1CCC(F)(F)F. The van der Waals surface area contributed by atoms with E-state index in [1.807, 2.05) is 11.8 Å². The third-order valence-electron chi connectivity index (χ3n) is 7.52. The standard InChI is InChI=1S/C28H33ClF5N5O2/c1-17-16-39(12-11-38(17)10-8-28(32,33)34)23-13-20(29)5-7-22(23)37-27(41)21-6-4-18(24(30)25(21)31)15-36-26(40)19-3-2-9-35-14-19/h4-7,13,17,19,35H,2-3,8-12,14-16H2,1H3,(H,36,40)(H,37,41)/t17-,19+/m0/s1. The normalized spacial score (nSPS) is 20.1. The van der Waals surface area contributed by atoms with Crippen molar-refractivity contribution in [1.82, 2.24) is 15.5 Å². The van der Waals surface area contributed by atoms with Crippen molar-refractivity contribution in [2.75, 3.05) is 49.5 Å². The van der Waals surface area contributed by atoms with Crippen LogP contribution in [0.2, 0.25) is 5.02 Å². The highest BCUT2D eigenvalue weighted by atomic mass is 35.5. The number of piperazine rings is 1. The van der Waals surface area contributed by atoms with E-state index in [2.05, 4.69) is 16.0 Å². The highest BCUT2D eigenvalue weighted by Crippen LogP contribution is 2.32. The Morgan fingerprint density at radius 2 is 1.90 bits per heavy atom. The molecular formula is C28H33ClF5N5O2. The van der Waals surface area contributed by atoms with Crippen LogP contribution in [0, 0.1) is 17.6 Å². The molecule has 0 radical (unpaired) electrons. The number of rotatable bonds is 8. The van der Waals surface area contributed by atoms with Gasteiger partial charge >= 0.3 is 6.18 Å². The van der Waals surface area contributed by atoms with E-state index in [4.69, 9.17) is 11.6 Å². The predicted molar refractivity (Wildman–Crippen MR) is 147 cm³/mol. The molecule has 2 heterocycles. The van der Waals surface area contributed by atoms with Crippen molar-refractivity contribution in [3.8, 4) is 0 Å². The number of hydrogen-bond donors (Lipinski definition) is 3. The fourth-order valence-electron chi connectivity index (χ4n) is 5.18. The Labute approximate surface area is 240 Å². The molecular weight excluding hydrogens is 569 g/mol. The molecule has 2 aromatic carbocycles. The van der Waals surface area contributed by atoms with Crippen LogP contribution in [0.3, 0.4) is 0 Å². The maximum Gasteiger partial charge on any atom is 0.390 e. The van der Waals surface area contributed by atoms with Gasteiger partial charge in [0.2, 0.25) is 5.91 Å². The van der Waals surface area contributed by atoms with E-state index in [0.29, 0.717) is 49.0 Å². The summed E-state index contributed by atoms with van der Waals surface area (Å²) >= 11 is 6.20. The highest BCUT2D eigenvalue weighted by molar-refractivity contribution is 6.31. The first-order valence-corrected chi connectivity index (χ1v) is 13.9. The third kappa shape index (κ3) is 8.08. The van der Waals surface area contributed by atoms with Gasteiger partial charge in [0.25, 0.3) is 5.91 Å². The Morgan fingerprint density at radius 3 is 2.59 bits per heavy atom. The van der Waals surface area contributed by atoms with Crippen LogP contribution in [0.25, 0.3) is 0 Å². The highest BCUT2D eigenvalue weighted by Gasteiger charge is 2.32. The summed E-state index contributed by atoms with van der Waals surface area (Å²) in [6, 6.07) is 6.90. The first-order chi connectivity index (χ1) is 19.4. The molecule has 7 nitrogen and oxygen atoms in total. The minimum Gasteiger partial charge on any atom is -0.367 e. The molecule has 2 aliphatic heterocycles. The maximum absolute atomic E-state index is 15.0. The molecule has 2 aromatic rings. The van der Waals surface area contributed by atoms with Crippen molar-refractivity contribution >= 4 is 34.8 Å². The molecule has 0 spiro atoms. The molecule has 224 valence electrons. The molecule has 2 amide bonds. The van der Waals surface area contributed by atoms with Gasteiger partial charge < -0.3 is 20.9 Å². The molecule has 13 heteroatoms. The Morgan fingerprint density at radius 1 is 1.12 bits per heavy atom. The van der Waals surface area contributed by atoms with E-state index in [0.717, 1.165) is 19.0 Å². The zero-order valence-corrected chi connectivity index (χ0v) is 23.3. The van der Waals surface area contributed by atoms with E-state index in [-0.39, 0.29) is 36.5 Å². The first-order valence-electron chi connectivity index (χ1n) is 13.5. The minimum absolute atomic E-state index is 0.0827. The third-order valence-corrected chi connectivity index (χ3v) is 7.76. The topological polar surface area (TPSA) is 76.7 Å². The van der Waals surface area contributed by atoms with Crippen LogP contribution in [0.5, 0.6) is 0 Å². The van der Waals surface area contributed by atoms with Crippen LogP contribution in [0.1, 0.15) is 42.1 Å². The second-order valence-electron chi connectivity index (χ2n) is 10.5. The average molecular weight is 602 g/mol. The summed E-state index contributed by atoms with van der Waals surface area (Å²) in [5.41, 5.74) is 0.221. The predicted octanol–water partition coefficient (Wildman–Crippen LogP) is 4.95. The molecule has 2 fully saturated rings. The monoisotopic (exact) mass is 601 g/mol. The first kappa shape index (κ1) is 31.0. The summed E-state index contributed by atoms with van der Waals surface area (Å²) in [5, 5.41) is 8.75. The quantitative estimate of drug-likeness (QED) is 0.374. The number of nitrogens with zero attached hydrogens (tertiary/aromatic N) is 2. The van der Waals surface area contributed by atoms with Gasteiger partial charge in [0, 0.05) is 55.9 Å². The van der Waals surface area contributed by atoms with Gasteiger partial charge in [-0.15, -0.1) is 0 Å². The number of halogens is 6. The number of piperidine rings is 1. The Kier molecular flexibility index (Phi) is 10.1. The van der Waals surface area contributed by atoms with Gasteiger partial charge in [-0.05, 0) is 50.6 Å². The summed E-state index contributed by atoms with van der Waals surface area (Å²) < 4.78 is 67.9. The minimum atomic E-state index is -4.24. The van der Waals surface area contributed by atoms with E-state index in [1.54, 1.807) is 11.0 Å². The Balaban J connectivity index is 1.43. The summed E-state index contributed by atoms with van der Waals surface area (Å²) in [6.45, 7) is 3.99. The molecule has 0 saturated carbocycles. The number of anilines is 2. The van der Waals surface area contributed by atoms with Crippen molar-refractivity contribution in [3.05, 3.63) is 58.1 Å². The summed E-state index contributed by atoms with van der Waals surface area (Å²) in [5.74, 6) is -3.92. The smallest absolute Gasteiger partial charge is 0.367 e. The van der Waals surface area contributed by atoms with Crippen LogP contribution < -0.4 is 20.9 Å². The van der Waals surface area contributed by atoms with Crippen LogP contribution in [0.15, 0.2) is 30.3 Å². The van der Waals surface area contributed by atoms with Crippen LogP contribution >= 0.6 is 11.6 Å². The van der Waals surface area contributed by atoms with Gasteiger partial charge in [0.05, 0.1) is 29.3 Å². The zero-order chi connectivity index (χ0) is 29.7. The second kappa shape index (κ2) is 13.3. The molecule has 4 rings (SSSR count). The molecule has 0 aliphatic carbocycles. The van der Waals surface area contributed by atoms with Gasteiger partial charge in [-0.2, -0.15) is 13.2 Å². The average Bonchev–Trinajstić information content (AvgIpc) is 2.93. The largest absolute Gasteiger partial charge is 0.390 e. The number of hydrogen-bond acceptors (Lipinski definition) is 5. The van der Waals surface area contributed by atoms with Gasteiger partial charge in [-0.25, -0.2) is 8.78 Å². The fraction of sp³-hybridized carbons (Fsp3) is 0.500. The van der Waals surface area contributed by atoms with E-state index in [1.165, 1.54) is 18.2 Å². The number of nitrogens with one attached hydrogen (secondary N) is 3. The molecule has 41 heavy (non-hydrogen) atoms. The molecule has 3 N–H and O–H groups in total. The molecule has 0 aromatic heterocycles. The van der Waals surface area contributed by atoms with Crippen molar-refractivity contribution in [3.63, 3.8) is 0 Å². The fourth-order valence-corrected chi connectivity index (χ4v) is 5.35. The summed E-state index contributed by atoms with van der Waals surface area (Å²) in [6.07, 6.45) is -3.57. The van der Waals surface area contributed by atoms with Crippen LogP contribution in [0.4, 0.5) is 33.3 Å². The van der Waals surface area contributed by atoms with Gasteiger partial charge in [0.15, 0.2) is 11.6 Å². The van der Waals surface area contributed by atoms with E-state index in [9.17, 15) is 31.5 Å². The molecule has 2 aliphatic rings. The second-order valence-corrected chi connectivity index (χ2v) is 10.9. The lowest BCUT2D eigenvalue weighted by Crippen LogP contribution is -2.52. The number of amides is 2. The van der Waals surface area contributed by atoms with Gasteiger partial charge in [0.1, 0.15) is 0 Å². The lowest BCUT2D eigenvalue weighted by atomic mass is 9.98. The van der Waals surface area contributed by atoms with Crippen LogP contribution in [-0.4, -0.2) is 68.2 Å². The van der Waals surface area contributed by atoms with Crippen molar-refractivity contribution in [2.24, 2.45) is 5.92 Å². The van der Waals surface area contributed by atoms with E-state index >= 15 is 0 Å². The molecule has 2 saturated heterocycles. The summed E-state index contributed by atoms with van der Waals surface area (Å²) in [4.78, 5) is 29.0. The molecule has 0 bridgehead atoms. The molecule has 0 unspecified atom stereocenters. The van der Waals surface area contributed by atoms with Crippen molar-refractivity contribution in [2.45, 2.75) is 44.9 Å². The lowest BCUT2D eigenvalue weighted by molar-refractivity contribution is -0.139. The number of carbonyl (C=O) groups excluding carboxylic acids is 2. The van der Waals surface area contributed by atoms with Crippen LogP contribution in [-0.2, 0) is 11.3 Å². The number of carbonyl (C=O) groups is 2. The zero-order valence-electron chi connectivity index (χ0n) is 22.6. The van der Waals surface area contributed by atoms with E-state index < -0.39 is 35.7 Å². The van der Waals surface area contributed by atoms with Crippen molar-refractivity contribution < 1.29 is 31.5 Å². The Hall–Kier alpha value is -2.96. The lowest BCUT2D eigenvalue weighted by Gasteiger charge is -2.41.